The first-order valence-corrected chi connectivity index (χ1v) is 11.4. The fourth-order valence-electron chi connectivity index (χ4n) is 3.63. The van der Waals surface area contributed by atoms with Gasteiger partial charge in [0.15, 0.2) is 0 Å². The number of carbonyl (C=O) groups excluding carboxylic acids is 2. The van der Waals surface area contributed by atoms with Crippen LogP contribution >= 0.6 is 0 Å². The number of anilines is 3. The van der Waals surface area contributed by atoms with Gasteiger partial charge >= 0.3 is 0 Å². The van der Waals surface area contributed by atoms with Gasteiger partial charge in [-0.1, -0.05) is 37.0 Å². The van der Waals surface area contributed by atoms with E-state index in [4.69, 9.17) is 5.26 Å². The number of hydrogen-bond acceptors (Lipinski definition) is 7. The topological polar surface area (TPSA) is 111 Å². The Labute approximate surface area is 204 Å². The van der Waals surface area contributed by atoms with Crippen molar-refractivity contribution in [2.75, 3.05) is 23.7 Å². The highest BCUT2D eigenvalue weighted by atomic mass is 16.2. The van der Waals surface area contributed by atoms with Crippen LogP contribution in [0.5, 0.6) is 0 Å². The van der Waals surface area contributed by atoms with Crippen LogP contribution in [0.15, 0.2) is 54.7 Å². The van der Waals surface area contributed by atoms with Crippen molar-refractivity contribution in [3.8, 4) is 17.9 Å². The normalized spacial score (nSPS) is 11.9. The molecule has 0 unspecified atom stereocenters. The lowest BCUT2D eigenvalue weighted by molar-refractivity contribution is 0.0653. The molecular weight excluding hydrogens is 440 g/mol. The minimum atomic E-state index is -0.249. The Kier molecular flexibility index (Phi) is 7.34. The van der Waals surface area contributed by atoms with Gasteiger partial charge in [-0.15, -0.1) is 0 Å². The number of fused-ring (bicyclic) bond motifs is 1. The molecule has 1 aromatic heterocycles. The van der Waals surface area contributed by atoms with E-state index in [0.29, 0.717) is 53.4 Å². The van der Waals surface area contributed by atoms with Crippen LogP contribution in [0.3, 0.4) is 0 Å². The molecule has 8 heteroatoms. The zero-order valence-corrected chi connectivity index (χ0v) is 19.3. The molecule has 0 radical (unpaired) electrons. The number of rotatable bonds is 8. The maximum absolute atomic E-state index is 12.5. The Morgan fingerprint density at radius 3 is 2.54 bits per heavy atom. The number of nitrogens with zero attached hydrogens (tertiary/aromatic N) is 4. The van der Waals surface area contributed by atoms with Crippen LogP contribution in [-0.2, 0) is 0 Å². The van der Waals surface area contributed by atoms with E-state index in [2.05, 4.69) is 45.4 Å². The van der Waals surface area contributed by atoms with E-state index < -0.39 is 0 Å². The summed E-state index contributed by atoms with van der Waals surface area (Å²) in [7, 11) is 0. The molecule has 0 saturated carbocycles. The monoisotopic (exact) mass is 464 g/mol. The van der Waals surface area contributed by atoms with Gasteiger partial charge in [-0.2, -0.15) is 10.2 Å². The summed E-state index contributed by atoms with van der Waals surface area (Å²) >= 11 is 0. The predicted octanol–water partition coefficient (Wildman–Crippen LogP) is 4.34. The Morgan fingerprint density at radius 1 is 1.06 bits per heavy atom. The van der Waals surface area contributed by atoms with E-state index in [1.54, 1.807) is 48.7 Å². The second-order valence-electron chi connectivity index (χ2n) is 7.91. The Hall–Kier alpha value is -4.69. The molecule has 2 amide bonds. The maximum atomic E-state index is 12.5. The molecule has 1 aliphatic rings. The van der Waals surface area contributed by atoms with E-state index in [9.17, 15) is 9.59 Å². The molecule has 0 aliphatic carbocycles. The van der Waals surface area contributed by atoms with Gasteiger partial charge < -0.3 is 10.6 Å². The van der Waals surface area contributed by atoms with Gasteiger partial charge in [-0.05, 0) is 43.2 Å². The van der Waals surface area contributed by atoms with Crippen molar-refractivity contribution >= 4 is 29.3 Å². The SMILES string of the molecule is CCCNc1nc(Nc2cccc(C#N)c2)ncc1C#CCCCN1C(=O)c2ccccc2C1=O. The first-order chi connectivity index (χ1) is 17.1. The summed E-state index contributed by atoms with van der Waals surface area (Å²) in [5.74, 6) is 6.72. The zero-order chi connectivity index (χ0) is 24.6. The zero-order valence-electron chi connectivity index (χ0n) is 19.3. The number of benzene rings is 2. The molecule has 1 aliphatic heterocycles. The lowest BCUT2D eigenvalue weighted by Gasteiger charge is -2.12. The van der Waals surface area contributed by atoms with Gasteiger partial charge in [-0.25, -0.2) is 4.98 Å². The first-order valence-electron chi connectivity index (χ1n) is 11.4. The van der Waals surface area contributed by atoms with Crippen LogP contribution in [0.25, 0.3) is 0 Å². The van der Waals surface area contributed by atoms with Crippen molar-refractivity contribution in [3.63, 3.8) is 0 Å². The van der Waals surface area contributed by atoms with Crippen molar-refractivity contribution in [2.45, 2.75) is 26.2 Å². The number of hydrogen-bond donors (Lipinski definition) is 2. The summed E-state index contributed by atoms with van der Waals surface area (Å²) in [6.45, 7) is 3.11. The van der Waals surface area contributed by atoms with Crippen LogP contribution in [-0.4, -0.2) is 39.8 Å². The quantitative estimate of drug-likeness (QED) is 0.290. The number of nitriles is 1. The molecule has 0 fully saturated rings. The average molecular weight is 465 g/mol. The molecule has 35 heavy (non-hydrogen) atoms. The molecule has 0 atom stereocenters. The molecule has 0 saturated heterocycles. The predicted molar refractivity (Wildman–Crippen MR) is 133 cm³/mol. The van der Waals surface area contributed by atoms with Crippen molar-refractivity contribution in [2.24, 2.45) is 0 Å². The summed E-state index contributed by atoms with van der Waals surface area (Å²) in [5, 5.41) is 15.5. The highest BCUT2D eigenvalue weighted by molar-refractivity contribution is 6.21. The average Bonchev–Trinajstić information content (AvgIpc) is 3.13. The lowest BCUT2D eigenvalue weighted by Crippen LogP contribution is -2.30. The molecule has 0 spiro atoms. The van der Waals surface area contributed by atoms with E-state index in [0.717, 1.165) is 18.7 Å². The van der Waals surface area contributed by atoms with Crippen molar-refractivity contribution < 1.29 is 9.59 Å². The molecule has 0 bridgehead atoms. The van der Waals surface area contributed by atoms with E-state index in [1.165, 1.54) is 4.90 Å². The number of amides is 2. The molecule has 2 heterocycles. The minimum absolute atomic E-state index is 0.249. The second kappa shape index (κ2) is 11.0. The Morgan fingerprint density at radius 2 is 1.83 bits per heavy atom. The number of carbonyl (C=O) groups is 2. The van der Waals surface area contributed by atoms with Crippen LogP contribution in [0, 0.1) is 23.2 Å². The lowest BCUT2D eigenvalue weighted by atomic mass is 10.1. The highest BCUT2D eigenvalue weighted by Gasteiger charge is 2.34. The van der Waals surface area contributed by atoms with Gasteiger partial charge in [0.25, 0.3) is 11.8 Å². The van der Waals surface area contributed by atoms with Crippen LogP contribution in [0.1, 0.15) is 58.0 Å². The fourth-order valence-corrected chi connectivity index (χ4v) is 3.63. The number of imide groups is 1. The van der Waals surface area contributed by atoms with Crippen LogP contribution in [0.4, 0.5) is 17.5 Å². The van der Waals surface area contributed by atoms with Gasteiger partial charge in [-0.3, -0.25) is 14.5 Å². The molecular formula is C27H24N6O2. The van der Waals surface area contributed by atoms with Crippen molar-refractivity contribution in [1.29, 1.82) is 5.26 Å². The van der Waals surface area contributed by atoms with Gasteiger partial charge in [0.2, 0.25) is 5.95 Å². The number of nitrogens with one attached hydrogen (secondary N) is 2. The highest BCUT2D eigenvalue weighted by Crippen LogP contribution is 2.23. The number of unbranched alkanes of at least 4 members (excludes halogenated alkanes) is 1. The van der Waals surface area contributed by atoms with E-state index >= 15 is 0 Å². The minimum Gasteiger partial charge on any atom is -0.369 e. The second-order valence-corrected chi connectivity index (χ2v) is 7.91. The number of aromatic nitrogens is 2. The van der Waals surface area contributed by atoms with Gasteiger partial charge in [0.05, 0.1) is 34.5 Å². The summed E-state index contributed by atoms with van der Waals surface area (Å²) in [4.78, 5) is 35.1. The van der Waals surface area contributed by atoms with Crippen molar-refractivity contribution in [1.82, 2.24) is 14.9 Å². The smallest absolute Gasteiger partial charge is 0.261 e. The van der Waals surface area contributed by atoms with Gasteiger partial charge in [0.1, 0.15) is 5.82 Å². The summed E-state index contributed by atoms with van der Waals surface area (Å²) < 4.78 is 0. The van der Waals surface area contributed by atoms with Crippen LogP contribution < -0.4 is 10.6 Å². The molecule has 8 nitrogen and oxygen atoms in total. The third-order valence-electron chi connectivity index (χ3n) is 5.36. The largest absolute Gasteiger partial charge is 0.369 e. The summed E-state index contributed by atoms with van der Waals surface area (Å²) in [6.07, 6.45) is 3.66. The van der Waals surface area contributed by atoms with Gasteiger partial charge in [0, 0.05) is 25.2 Å². The third-order valence-corrected chi connectivity index (χ3v) is 5.36. The Bertz CT molecular complexity index is 1330. The fraction of sp³-hybridized carbons (Fsp3) is 0.222. The van der Waals surface area contributed by atoms with Crippen molar-refractivity contribution in [3.05, 3.63) is 77.0 Å². The third kappa shape index (κ3) is 5.45. The maximum Gasteiger partial charge on any atom is 0.261 e. The molecule has 3 aromatic rings. The van der Waals surface area contributed by atoms with E-state index in [1.807, 2.05) is 6.07 Å². The molecule has 2 aromatic carbocycles. The summed E-state index contributed by atoms with van der Waals surface area (Å²) in [6, 6.07) is 16.1. The standard InChI is InChI=1S/C27H24N6O2/c1-2-14-29-24-20(18-30-27(32-24)31-21-11-8-9-19(16-21)17-28)10-4-3-7-15-33-25(34)22-12-5-6-13-23(22)26(33)35/h5-6,8-9,11-13,16,18H,2-3,7,14-15H2,1H3,(H2,29,30,31,32). The van der Waals surface area contributed by atoms with Crippen LogP contribution in [0.2, 0.25) is 0 Å². The summed E-state index contributed by atoms with van der Waals surface area (Å²) in [5.41, 5.74) is 2.84. The molecule has 4 rings (SSSR count). The molecule has 2 N–H and O–H groups in total. The van der Waals surface area contributed by atoms with E-state index in [-0.39, 0.29) is 11.8 Å². The molecule has 174 valence electrons. The Balaban J connectivity index is 1.40. The first kappa shape index (κ1) is 23.5.